The van der Waals surface area contributed by atoms with Crippen molar-refractivity contribution >= 4 is 21.4 Å². The average Bonchev–Trinajstić information content (AvgIpc) is 2.45. The van der Waals surface area contributed by atoms with E-state index in [9.17, 15) is 8.42 Å². The van der Waals surface area contributed by atoms with Gasteiger partial charge in [-0.15, -0.1) is 0 Å². The first-order valence-corrected chi connectivity index (χ1v) is 7.85. The number of nitrogens with zero attached hydrogens (tertiary/aromatic N) is 2. The van der Waals surface area contributed by atoms with Gasteiger partial charge in [-0.1, -0.05) is 42.5 Å². The second-order valence-corrected chi connectivity index (χ2v) is 6.29. The number of sulfonamides is 1. The zero-order chi connectivity index (χ0) is 14.6. The van der Waals surface area contributed by atoms with E-state index >= 15 is 0 Å². The lowest BCUT2D eigenvalue weighted by Crippen LogP contribution is -2.29. The Morgan fingerprint density at radius 3 is 2.40 bits per heavy atom. The lowest BCUT2D eigenvalue weighted by Gasteiger charge is -2.22. The van der Waals surface area contributed by atoms with Gasteiger partial charge in [-0.25, -0.2) is 13.3 Å². The van der Waals surface area contributed by atoms with Gasteiger partial charge in [0.1, 0.15) is 0 Å². The second kappa shape index (κ2) is 5.76. The summed E-state index contributed by atoms with van der Waals surface area (Å²) in [5.41, 5.74) is 1.82. The maximum Gasteiger partial charge on any atom is 0.232 e. The Morgan fingerprint density at radius 2 is 1.80 bits per heavy atom. The van der Waals surface area contributed by atoms with Crippen LogP contribution < -0.4 is 4.31 Å². The quantitative estimate of drug-likeness (QED) is 0.810. The third-order valence-electron chi connectivity index (χ3n) is 2.82. The zero-order valence-electron chi connectivity index (χ0n) is 11.0. The lowest BCUT2D eigenvalue weighted by atomic mass is 10.2. The molecule has 0 aliphatic rings. The van der Waals surface area contributed by atoms with Gasteiger partial charge in [0, 0.05) is 5.69 Å². The standard InChI is InChI=1S/C15H14N2O2S/c1-16-14-9-6-10-15(11-14)17(20(2,18)19)12-13-7-4-3-5-8-13/h3-11H,12H2,2H3. The van der Waals surface area contributed by atoms with Gasteiger partial charge >= 0.3 is 0 Å². The molecule has 102 valence electrons. The molecule has 5 heteroatoms. The first kappa shape index (κ1) is 14.1. The van der Waals surface area contributed by atoms with Crippen LogP contribution in [0.3, 0.4) is 0 Å². The van der Waals surface area contributed by atoms with Crippen LogP contribution in [0.25, 0.3) is 4.85 Å². The van der Waals surface area contributed by atoms with E-state index in [2.05, 4.69) is 4.85 Å². The van der Waals surface area contributed by atoms with E-state index < -0.39 is 10.0 Å². The van der Waals surface area contributed by atoms with Crippen LogP contribution >= 0.6 is 0 Å². The zero-order valence-corrected chi connectivity index (χ0v) is 11.8. The Bertz CT molecular complexity index is 734. The highest BCUT2D eigenvalue weighted by molar-refractivity contribution is 7.92. The SMILES string of the molecule is [C-]#[N+]c1cccc(N(Cc2ccccc2)S(C)(=O)=O)c1. The van der Waals surface area contributed by atoms with Crippen molar-refractivity contribution in [1.82, 2.24) is 0 Å². The van der Waals surface area contributed by atoms with Crippen LogP contribution in [-0.2, 0) is 16.6 Å². The molecule has 2 aromatic carbocycles. The number of hydrogen-bond acceptors (Lipinski definition) is 2. The minimum atomic E-state index is -3.41. The summed E-state index contributed by atoms with van der Waals surface area (Å²) < 4.78 is 25.3. The molecule has 2 aromatic rings. The van der Waals surface area contributed by atoms with Gasteiger partial charge in [0.2, 0.25) is 10.0 Å². The van der Waals surface area contributed by atoms with E-state index in [4.69, 9.17) is 6.57 Å². The van der Waals surface area contributed by atoms with Gasteiger partial charge in [-0.3, -0.25) is 4.31 Å². The number of rotatable bonds is 4. The molecule has 0 saturated carbocycles. The Labute approximate surface area is 119 Å². The first-order valence-electron chi connectivity index (χ1n) is 6.00. The number of hydrogen-bond donors (Lipinski definition) is 0. The van der Waals surface area contributed by atoms with Crippen molar-refractivity contribution in [2.45, 2.75) is 6.54 Å². The summed E-state index contributed by atoms with van der Waals surface area (Å²) in [5.74, 6) is 0. The molecule has 0 aromatic heterocycles. The summed E-state index contributed by atoms with van der Waals surface area (Å²) in [6.45, 7) is 7.27. The molecular weight excluding hydrogens is 272 g/mol. The highest BCUT2D eigenvalue weighted by atomic mass is 32.2. The van der Waals surface area contributed by atoms with Crippen LogP contribution in [0.15, 0.2) is 54.6 Å². The summed E-state index contributed by atoms with van der Waals surface area (Å²) in [4.78, 5) is 3.33. The van der Waals surface area contributed by atoms with Crippen LogP contribution in [0, 0.1) is 6.57 Å². The van der Waals surface area contributed by atoms with E-state index in [0.717, 1.165) is 5.56 Å². The Hall–Kier alpha value is -2.32. The summed E-state index contributed by atoms with van der Waals surface area (Å²) in [6, 6.07) is 16.0. The maximum absolute atomic E-state index is 12.0. The van der Waals surface area contributed by atoms with E-state index in [1.165, 1.54) is 10.6 Å². The van der Waals surface area contributed by atoms with Crippen LogP contribution in [0.4, 0.5) is 11.4 Å². The summed E-state index contributed by atoms with van der Waals surface area (Å²) in [7, 11) is -3.41. The molecule has 2 rings (SSSR count). The van der Waals surface area contributed by atoms with Crippen LogP contribution in [0.5, 0.6) is 0 Å². The monoisotopic (exact) mass is 286 g/mol. The molecule has 0 aliphatic carbocycles. The molecule has 0 amide bonds. The number of anilines is 1. The molecule has 0 N–H and O–H groups in total. The van der Waals surface area contributed by atoms with E-state index in [-0.39, 0.29) is 6.54 Å². The van der Waals surface area contributed by atoms with Gasteiger partial charge < -0.3 is 0 Å². The average molecular weight is 286 g/mol. The van der Waals surface area contributed by atoms with Crippen molar-refractivity contribution in [3.05, 3.63) is 71.6 Å². The molecule has 4 nitrogen and oxygen atoms in total. The van der Waals surface area contributed by atoms with Gasteiger partial charge in [0.05, 0.1) is 19.4 Å². The van der Waals surface area contributed by atoms with Crippen LogP contribution in [-0.4, -0.2) is 14.7 Å². The highest BCUT2D eigenvalue weighted by Crippen LogP contribution is 2.25. The summed E-state index contributed by atoms with van der Waals surface area (Å²) >= 11 is 0. The Balaban J connectivity index is 2.41. The first-order chi connectivity index (χ1) is 9.50. The predicted molar refractivity (Wildman–Crippen MR) is 80.2 cm³/mol. The fourth-order valence-electron chi connectivity index (χ4n) is 1.87. The van der Waals surface area contributed by atoms with E-state index in [0.29, 0.717) is 11.4 Å². The maximum atomic E-state index is 12.0. The van der Waals surface area contributed by atoms with E-state index in [1.54, 1.807) is 24.3 Å². The third-order valence-corrected chi connectivity index (χ3v) is 3.96. The molecule has 0 aliphatic heterocycles. The largest absolute Gasteiger partial charge is 0.267 e. The summed E-state index contributed by atoms with van der Waals surface area (Å²) in [6.07, 6.45) is 1.17. The lowest BCUT2D eigenvalue weighted by molar-refractivity contribution is 0.596. The van der Waals surface area contributed by atoms with Crippen molar-refractivity contribution in [2.24, 2.45) is 0 Å². The molecule has 0 spiro atoms. The smallest absolute Gasteiger partial charge is 0.232 e. The Kier molecular flexibility index (Phi) is 4.06. The normalized spacial score (nSPS) is 10.8. The second-order valence-electron chi connectivity index (χ2n) is 4.39. The molecule has 0 atom stereocenters. The molecular formula is C15H14N2O2S. The fourth-order valence-corrected chi connectivity index (χ4v) is 2.75. The van der Waals surface area contributed by atoms with Gasteiger partial charge in [-0.05, 0) is 17.7 Å². The van der Waals surface area contributed by atoms with Crippen molar-refractivity contribution in [3.63, 3.8) is 0 Å². The van der Waals surface area contributed by atoms with Gasteiger partial charge in [-0.2, -0.15) is 0 Å². The van der Waals surface area contributed by atoms with Gasteiger partial charge in [0.15, 0.2) is 5.69 Å². The van der Waals surface area contributed by atoms with Crippen molar-refractivity contribution in [1.29, 1.82) is 0 Å². The molecule has 0 saturated heterocycles. The third kappa shape index (κ3) is 3.37. The minimum Gasteiger partial charge on any atom is -0.267 e. The fraction of sp³-hybridized carbons (Fsp3) is 0.133. The predicted octanol–water partition coefficient (Wildman–Crippen LogP) is 3.20. The molecule has 20 heavy (non-hydrogen) atoms. The molecule has 0 bridgehead atoms. The molecule has 0 unspecified atom stereocenters. The van der Waals surface area contributed by atoms with Crippen molar-refractivity contribution in [2.75, 3.05) is 10.6 Å². The molecule has 0 heterocycles. The minimum absolute atomic E-state index is 0.251. The van der Waals surface area contributed by atoms with Crippen molar-refractivity contribution in [3.8, 4) is 0 Å². The summed E-state index contributed by atoms with van der Waals surface area (Å²) in [5, 5.41) is 0. The van der Waals surface area contributed by atoms with E-state index in [1.807, 2.05) is 30.3 Å². The number of benzene rings is 2. The Morgan fingerprint density at radius 1 is 1.10 bits per heavy atom. The topological polar surface area (TPSA) is 41.7 Å². The van der Waals surface area contributed by atoms with Crippen molar-refractivity contribution < 1.29 is 8.42 Å². The van der Waals surface area contributed by atoms with Crippen LogP contribution in [0.1, 0.15) is 5.56 Å². The van der Waals surface area contributed by atoms with Crippen LogP contribution in [0.2, 0.25) is 0 Å². The highest BCUT2D eigenvalue weighted by Gasteiger charge is 2.17. The molecule has 0 radical (unpaired) electrons. The molecule has 0 fully saturated rings. The van der Waals surface area contributed by atoms with Gasteiger partial charge in [0.25, 0.3) is 0 Å².